The third kappa shape index (κ3) is 4.60. The molecule has 1 aromatic carbocycles. The molecule has 0 radical (unpaired) electrons. The summed E-state index contributed by atoms with van der Waals surface area (Å²) < 4.78 is 5.75. The molecule has 4 nitrogen and oxygen atoms in total. The zero-order valence-electron chi connectivity index (χ0n) is 11.4. The van der Waals surface area contributed by atoms with Gasteiger partial charge in [-0.15, -0.1) is 0 Å². The minimum absolute atomic E-state index is 0.124. The van der Waals surface area contributed by atoms with E-state index < -0.39 is 11.5 Å². The summed E-state index contributed by atoms with van der Waals surface area (Å²) in [5.74, 6) is -0.124. The lowest BCUT2D eigenvalue weighted by atomic mass is 9.84. The highest BCUT2D eigenvalue weighted by atomic mass is 79.9. The summed E-state index contributed by atoms with van der Waals surface area (Å²) in [7, 11) is 1.51. The van der Waals surface area contributed by atoms with Crippen molar-refractivity contribution < 1.29 is 14.6 Å². The highest BCUT2D eigenvalue weighted by molar-refractivity contribution is 9.10. The number of ether oxygens (including phenoxy) is 1. The van der Waals surface area contributed by atoms with Crippen LogP contribution in [0.15, 0.2) is 28.7 Å². The number of aliphatic hydroxyl groups is 1. The summed E-state index contributed by atoms with van der Waals surface area (Å²) in [5.41, 5.74) is 0.261. The molecule has 0 spiro atoms. The number of methoxy groups -OCH3 is 1. The van der Waals surface area contributed by atoms with Gasteiger partial charge in [-0.2, -0.15) is 0 Å². The van der Waals surface area contributed by atoms with E-state index in [2.05, 4.69) is 21.2 Å². The van der Waals surface area contributed by atoms with Gasteiger partial charge < -0.3 is 15.2 Å². The van der Waals surface area contributed by atoms with Crippen molar-refractivity contribution in [2.45, 2.75) is 25.4 Å². The number of halogens is 1. The fourth-order valence-corrected chi connectivity index (χ4v) is 2.09. The third-order valence-corrected chi connectivity index (χ3v) is 3.46. The smallest absolute Gasteiger partial charge is 0.230 e. The van der Waals surface area contributed by atoms with Crippen LogP contribution in [-0.4, -0.2) is 37.4 Å². The first kappa shape index (κ1) is 16.1. The van der Waals surface area contributed by atoms with Gasteiger partial charge >= 0.3 is 0 Å². The Bertz CT molecular complexity index is 434. The summed E-state index contributed by atoms with van der Waals surface area (Å²) in [6.07, 6.45) is -0.688. The van der Waals surface area contributed by atoms with Crippen molar-refractivity contribution in [2.24, 2.45) is 0 Å². The van der Waals surface area contributed by atoms with Crippen molar-refractivity contribution >= 4 is 21.8 Å². The van der Waals surface area contributed by atoms with Gasteiger partial charge in [-0.3, -0.25) is 4.79 Å². The largest absolute Gasteiger partial charge is 0.389 e. The molecule has 19 heavy (non-hydrogen) atoms. The summed E-state index contributed by atoms with van der Waals surface area (Å²) in [6.45, 7) is 4.10. The second-order valence-electron chi connectivity index (χ2n) is 4.95. The van der Waals surface area contributed by atoms with Crippen LogP contribution in [0.25, 0.3) is 0 Å². The van der Waals surface area contributed by atoms with Crippen molar-refractivity contribution in [2.75, 3.05) is 20.3 Å². The number of carbonyl (C=O) groups is 1. The number of amides is 1. The normalized spacial score (nSPS) is 13.1. The Balaban J connectivity index is 2.69. The minimum atomic E-state index is -0.688. The van der Waals surface area contributed by atoms with Gasteiger partial charge in [0.25, 0.3) is 0 Å². The predicted octanol–water partition coefficient (Wildman–Crippen LogP) is 1.85. The molecule has 1 unspecified atom stereocenters. The SMILES string of the molecule is COCC(O)CNC(=O)C(C)(C)c1cccc(Br)c1. The number of rotatable bonds is 6. The first-order valence-corrected chi connectivity index (χ1v) is 6.88. The van der Waals surface area contributed by atoms with E-state index in [-0.39, 0.29) is 19.1 Å². The second kappa shape index (κ2) is 7.03. The van der Waals surface area contributed by atoms with E-state index in [1.807, 2.05) is 38.1 Å². The van der Waals surface area contributed by atoms with Crippen molar-refractivity contribution in [1.29, 1.82) is 0 Å². The molecule has 0 saturated heterocycles. The first-order valence-electron chi connectivity index (χ1n) is 6.09. The minimum Gasteiger partial charge on any atom is -0.389 e. The van der Waals surface area contributed by atoms with E-state index in [4.69, 9.17) is 4.74 Å². The fourth-order valence-electron chi connectivity index (χ4n) is 1.69. The maximum Gasteiger partial charge on any atom is 0.230 e. The molecule has 1 amide bonds. The van der Waals surface area contributed by atoms with Gasteiger partial charge in [0.2, 0.25) is 5.91 Å². The van der Waals surface area contributed by atoms with Crippen LogP contribution in [0, 0.1) is 0 Å². The van der Waals surface area contributed by atoms with Crippen molar-refractivity contribution in [3.05, 3.63) is 34.3 Å². The first-order chi connectivity index (χ1) is 8.87. The molecular formula is C14H20BrNO3. The lowest BCUT2D eigenvalue weighted by Gasteiger charge is -2.25. The Kier molecular flexibility index (Phi) is 5.97. The molecule has 106 valence electrons. The van der Waals surface area contributed by atoms with Gasteiger partial charge in [0.15, 0.2) is 0 Å². The summed E-state index contributed by atoms with van der Waals surface area (Å²) in [6, 6.07) is 7.65. The Morgan fingerprint density at radius 1 is 1.53 bits per heavy atom. The average Bonchev–Trinajstić information content (AvgIpc) is 2.36. The zero-order valence-corrected chi connectivity index (χ0v) is 13.0. The van der Waals surface area contributed by atoms with E-state index in [9.17, 15) is 9.90 Å². The van der Waals surface area contributed by atoms with Crippen LogP contribution >= 0.6 is 15.9 Å². The lowest BCUT2D eigenvalue weighted by molar-refractivity contribution is -0.126. The zero-order chi connectivity index (χ0) is 14.5. The van der Waals surface area contributed by atoms with Gasteiger partial charge in [0.1, 0.15) is 0 Å². The van der Waals surface area contributed by atoms with Crippen molar-refractivity contribution in [3.8, 4) is 0 Å². The highest BCUT2D eigenvalue weighted by Crippen LogP contribution is 2.25. The van der Waals surface area contributed by atoms with Crippen LogP contribution < -0.4 is 5.32 Å². The van der Waals surface area contributed by atoms with Gasteiger partial charge in [0.05, 0.1) is 18.1 Å². The Morgan fingerprint density at radius 3 is 2.79 bits per heavy atom. The standard InChI is InChI=1S/C14H20BrNO3/c1-14(2,10-5-4-6-11(15)7-10)13(18)16-8-12(17)9-19-3/h4-7,12,17H,8-9H2,1-3H3,(H,16,18). The van der Waals surface area contributed by atoms with Gasteiger partial charge in [0, 0.05) is 18.1 Å². The molecule has 0 heterocycles. The predicted molar refractivity (Wildman–Crippen MR) is 78.1 cm³/mol. The third-order valence-electron chi connectivity index (χ3n) is 2.97. The Labute approximate surface area is 122 Å². The molecule has 0 aliphatic heterocycles. The molecule has 0 aromatic heterocycles. The second-order valence-corrected chi connectivity index (χ2v) is 5.87. The molecule has 0 fully saturated rings. The van der Waals surface area contributed by atoms with E-state index in [1.54, 1.807) is 0 Å². The number of benzene rings is 1. The maximum absolute atomic E-state index is 12.2. The topological polar surface area (TPSA) is 58.6 Å². The highest BCUT2D eigenvalue weighted by Gasteiger charge is 2.29. The molecule has 1 rings (SSSR count). The molecule has 0 bridgehead atoms. The van der Waals surface area contributed by atoms with E-state index in [1.165, 1.54) is 7.11 Å². The molecule has 0 aliphatic rings. The average molecular weight is 330 g/mol. The summed E-state index contributed by atoms with van der Waals surface area (Å²) >= 11 is 3.40. The molecule has 0 saturated carbocycles. The number of hydrogen-bond acceptors (Lipinski definition) is 3. The van der Waals surface area contributed by atoms with Gasteiger partial charge in [-0.05, 0) is 31.5 Å². The monoisotopic (exact) mass is 329 g/mol. The number of aliphatic hydroxyl groups excluding tert-OH is 1. The van der Waals surface area contributed by atoms with Gasteiger partial charge in [-0.1, -0.05) is 28.1 Å². The van der Waals surface area contributed by atoms with Crippen LogP contribution in [0.4, 0.5) is 0 Å². The Morgan fingerprint density at radius 2 is 2.21 bits per heavy atom. The molecule has 2 N–H and O–H groups in total. The molecule has 1 aromatic rings. The van der Waals surface area contributed by atoms with Crippen molar-refractivity contribution in [1.82, 2.24) is 5.32 Å². The van der Waals surface area contributed by atoms with Crippen LogP contribution in [0.2, 0.25) is 0 Å². The fraction of sp³-hybridized carbons (Fsp3) is 0.500. The van der Waals surface area contributed by atoms with Crippen LogP contribution in [-0.2, 0) is 14.9 Å². The van der Waals surface area contributed by atoms with Crippen LogP contribution in [0.3, 0.4) is 0 Å². The lowest BCUT2D eigenvalue weighted by Crippen LogP contribution is -2.43. The van der Waals surface area contributed by atoms with Gasteiger partial charge in [-0.25, -0.2) is 0 Å². The van der Waals surface area contributed by atoms with E-state index >= 15 is 0 Å². The molecule has 5 heteroatoms. The van der Waals surface area contributed by atoms with E-state index in [0.29, 0.717) is 0 Å². The molecular weight excluding hydrogens is 310 g/mol. The maximum atomic E-state index is 12.2. The van der Waals surface area contributed by atoms with Crippen LogP contribution in [0.5, 0.6) is 0 Å². The Hall–Kier alpha value is -0.910. The summed E-state index contributed by atoms with van der Waals surface area (Å²) in [5, 5.41) is 12.3. The summed E-state index contributed by atoms with van der Waals surface area (Å²) in [4.78, 5) is 12.2. The molecule has 1 atom stereocenters. The molecule has 0 aliphatic carbocycles. The van der Waals surface area contributed by atoms with Crippen LogP contribution in [0.1, 0.15) is 19.4 Å². The van der Waals surface area contributed by atoms with Crippen molar-refractivity contribution in [3.63, 3.8) is 0 Å². The quantitative estimate of drug-likeness (QED) is 0.837. The number of carbonyl (C=O) groups excluding carboxylic acids is 1. The number of nitrogens with one attached hydrogen (secondary N) is 1. The number of hydrogen-bond donors (Lipinski definition) is 2. The van der Waals surface area contributed by atoms with E-state index in [0.717, 1.165) is 10.0 Å².